The Morgan fingerprint density at radius 1 is 0.762 bits per heavy atom. The van der Waals surface area contributed by atoms with E-state index in [0.29, 0.717) is 12.0 Å². The predicted octanol–water partition coefficient (Wildman–Crippen LogP) is 2.72. The number of aliphatic hydroxyl groups excluding tert-OH is 2. The summed E-state index contributed by atoms with van der Waals surface area (Å²) in [7, 11) is 0. The minimum Gasteiger partial charge on any atom is -0.396 e. The van der Waals surface area contributed by atoms with Crippen molar-refractivity contribution in [2.24, 2.45) is 5.41 Å². The van der Waals surface area contributed by atoms with Gasteiger partial charge in [-0.25, -0.2) is 8.78 Å². The van der Waals surface area contributed by atoms with Crippen LogP contribution in [0.2, 0.25) is 0 Å². The lowest BCUT2D eigenvalue weighted by Crippen LogP contribution is -2.35. The van der Waals surface area contributed by atoms with Gasteiger partial charge < -0.3 is 10.2 Å². The Labute approximate surface area is 122 Å². The van der Waals surface area contributed by atoms with E-state index in [1.807, 2.05) is 30.3 Å². The second kappa shape index (κ2) is 6.78. The first-order valence-corrected chi connectivity index (χ1v) is 6.77. The topological polar surface area (TPSA) is 40.5 Å². The molecule has 0 aromatic heterocycles. The summed E-state index contributed by atoms with van der Waals surface area (Å²) in [4.78, 5) is 0. The highest BCUT2D eigenvalue weighted by Gasteiger charge is 2.30. The molecule has 0 aliphatic carbocycles. The van der Waals surface area contributed by atoms with E-state index in [9.17, 15) is 19.0 Å². The zero-order chi connectivity index (χ0) is 15.3. The Bertz CT molecular complexity index is 560. The third kappa shape index (κ3) is 4.09. The van der Waals surface area contributed by atoms with Crippen LogP contribution >= 0.6 is 0 Å². The second-order valence-electron chi connectivity index (χ2n) is 5.43. The van der Waals surface area contributed by atoms with Crippen LogP contribution in [0.3, 0.4) is 0 Å². The smallest absolute Gasteiger partial charge is 0.126 e. The minimum absolute atomic E-state index is 0.198. The van der Waals surface area contributed by atoms with Crippen LogP contribution in [0.1, 0.15) is 11.1 Å². The highest BCUT2D eigenvalue weighted by Crippen LogP contribution is 2.28. The Morgan fingerprint density at radius 2 is 1.29 bits per heavy atom. The Morgan fingerprint density at radius 3 is 1.81 bits per heavy atom. The van der Waals surface area contributed by atoms with E-state index in [0.717, 1.165) is 11.6 Å². The van der Waals surface area contributed by atoms with Crippen LogP contribution in [0, 0.1) is 17.0 Å². The fourth-order valence-electron chi connectivity index (χ4n) is 2.51. The van der Waals surface area contributed by atoms with Crippen LogP contribution in [0.25, 0.3) is 0 Å². The normalized spacial score (nSPS) is 11.6. The van der Waals surface area contributed by atoms with Crippen LogP contribution in [-0.2, 0) is 12.8 Å². The van der Waals surface area contributed by atoms with Gasteiger partial charge >= 0.3 is 0 Å². The molecule has 0 saturated heterocycles. The summed E-state index contributed by atoms with van der Waals surface area (Å²) in [6.07, 6.45) is 0.628. The zero-order valence-corrected chi connectivity index (χ0v) is 11.6. The molecule has 4 heteroatoms. The summed E-state index contributed by atoms with van der Waals surface area (Å²) in [5.74, 6) is -1.32. The van der Waals surface area contributed by atoms with E-state index in [1.165, 1.54) is 12.1 Å². The van der Waals surface area contributed by atoms with Crippen LogP contribution in [0.15, 0.2) is 48.5 Å². The fourth-order valence-corrected chi connectivity index (χ4v) is 2.51. The van der Waals surface area contributed by atoms with Gasteiger partial charge in [-0.3, -0.25) is 0 Å². The molecule has 2 N–H and O–H groups in total. The second-order valence-corrected chi connectivity index (χ2v) is 5.43. The van der Waals surface area contributed by atoms with Crippen molar-refractivity contribution in [3.63, 3.8) is 0 Å². The molecule has 21 heavy (non-hydrogen) atoms. The highest BCUT2D eigenvalue weighted by molar-refractivity contribution is 5.22. The third-order valence-corrected chi connectivity index (χ3v) is 3.59. The molecule has 0 fully saturated rings. The van der Waals surface area contributed by atoms with E-state index in [-0.39, 0.29) is 19.6 Å². The molecular formula is C17H18F2O2. The Hall–Kier alpha value is -1.78. The van der Waals surface area contributed by atoms with E-state index in [4.69, 9.17) is 0 Å². The summed E-state index contributed by atoms with van der Waals surface area (Å²) in [5.41, 5.74) is 0.533. The average Bonchev–Trinajstić information content (AvgIpc) is 2.46. The summed E-state index contributed by atoms with van der Waals surface area (Å²) >= 11 is 0. The van der Waals surface area contributed by atoms with Crippen molar-refractivity contribution >= 4 is 0 Å². The van der Waals surface area contributed by atoms with Gasteiger partial charge in [0.2, 0.25) is 0 Å². The minimum atomic E-state index is -0.846. The number of hydrogen-bond acceptors (Lipinski definition) is 2. The number of benzene rings is 2. The maximum atomic E-state index is 13.3. The standard InChI is InChI=1S/C17H18F2O2/c18-15-6-14(7-16(19)8-15)10-17(11-20,12-21)9-13-4-2-1-3-5-13/h1-8,20-21H,9-12H2. The molecule has 2 aromatic rings. The first kappa shape index (κ1) is 15.6. The van der Waals surface area contributed by atoms with Gasteiger partial charge in [0, 0.05) is 11.5 Å². The lowest BCUT2D eigenvalue weighted by atomic mass is 9.78. The Kier molecular flexibility index (Phi) is 5.04. The quantitative estimate of drug-likeness (QED) is 0.859. The summed E-state index contributed by atoms with van der Waals surface area (Å²) in [6, 6.07) is 12.7. The third-order valence-electron chi connectivity index (χ3n) is 3.59. The summed E-state index contributed by atoms with van der Waals surface area (Å²) < 4.78 is 26.5. The molecule has 0 bridgehead atoms. The van der Waals surface area contributed by atoms with Crippen molar-refractivity contribution in [2.75, 3.05) is 13.2 Å². The van der Waals surface area contributed by atoms with Crippen molar-refractivity contribution in [1.29, 1.82) is 0 Å². The van der Waals surface area contributed by atoms with Gasteiger partial charge in [-0.2, -0.15) is 0 Å². The van der Waals surface area contributed by atoms with Crippen LogP contribution in [0.4, 0.5) is 8.78 Å². The molecule has 0 unspecified atom stereocenters. The van der Waals surface area contributed by atoms with Crippen molar-refractivity contribution in [3.8, 4) is 0 Å². The molecule has 0 saturated carbocycles. The predicted molar refractivity (Wildman–Crippen MR) is 76.8 cm³/mol. The largest absolute Gasteiger partial charge is 0.396 e. The highest BCUT2D eigenvalue weighted by atomic mass is 19.1. The van der Waals surface area contributed by atoms with E-state index < -0.39 is 17.0 Å². The van der Waals surface area contributed by atoms with E-state index >= 15 is 0 Å². The average molecular weight is 292 g/mol. The van der Waals surface area contributed by atoms with Crippen LogP contribution < -0.4 is 0 Å². The van der Waals surface area contributed by atoms with Gasteiger partial charge in [-0.15, -0.1) is 0 Å². The molecule has 0 heterocycles. The molecule has 0 amide bonds. The van der Waals surface area contributed by atoms with Crippen molar-refractivity contribution < 1.29 is 19.0 Å². The van der Waals surface area contributed by atoms with Gasteiger partial charge in [0.1, 0.15) is 11.6 Å². The number of rotatable bonds is 6. The molecule has 2 aromatic carbocycles. The van der Waals surface area contributed by atoms with Crippen LogP contribution in [-0.4, -0.2) is 23.4 Å². The molecule has 2 rings (SSSR count). The molecule has 0 spiro atoms. The monoisotopic (exact) mass is 292 g/mol. The molecule has 0 aliphatic rings. The summed E-state index contributed by atoms with van der Waals surface area (Å²) in [5, 5.41) is 19.4. The van der Waals surface area contributed by atoms with Gasteiger partial charge in [-0.1, -0.05) is 30.3 Å². The van der Waals surface area contributed by atoms with Crippen molar-refractivity contribution in [1.82, 2.24) is 0 Å². The van der Waals surface area contributed by atoms with Gasteiger partial charge in [0.05, 0.1) is 13.2 Å². The van der Waals surface area contributed by atoms with Crippen LogP contribution in [0.5, 0.6) is 0 Å². The molecular weight excluding hydrogens is 274 g/mol. The maximum Gasteiger partial charge on any atom is 0.126 e. The number of halogens is 2. The lowest BCUT2D eigenvalue weighted by molar-refractivity contribution is 0.0546. The van der Waals surface area contributed by atoms with Crippen molar-refractivity contribution in [2.45, 2.75) is 12.8 Å². The molecule has 0 aliphatic heterocycles. The molecule has 0 atom stereocenters. The molecule has 0 radical (unpaired) electrons. The van der Waals surface area contributed by atoms with Gasteiger partial charge in [-0.05, 0) is 36.1 Å². The van der Waals surface area contributed by atoms with Gasteiger partial charge in [0.15, 0.2) is 0 Å². The van der Waals surface area contributed by atoms with Crippen molar-refractivity contribution in [3.05, 3.63) is 71.3 Å². The zero-order valence-electron chi connectivity index (χ0n) is 11.6. The lowest BCUT2D eigenvalue weighted by Gasteiger charge is -2.30. The first-order chi connectivity index (χ1) is 10.1. The Balaban J connectivity index is 2.25. The molecule has 2 nitrogen and oxygen atoms in total. The van der Waals surface area contributed by atoms with Gasteiger partial charge in [0.25, 0.3) is 0 Å². The molecule has 112 valence electrons. The maximum absolute atomic E-state index is 13.3. The SMILES string of the molecule is OCC(CO)(Cc1ccccc1)Cc1cc(F)cc(F)c1. The number of hydrogen-bond donors (Lipinski definition) is 2. The number of aliphatic hydroxyl groups is 2. The first-order valence-electron chi connectivity index (χ1n) is 6.77. The summed E-state index contributed by atoms with van der Waals surface area (Å²) in [6.45, 7) is -0.535. The fraction of sp³-hybridized carbons (Fsp3) is 0.294. The van der Waals surface area contributed by atoms with E-state index in [2.05, 4.69) is 0 Å². The van der Waals surface area contributed by atoms with E-state index in [1.54, 1.807) is 0 Å².